The minimum Gasteiger partial charge on any atom is -0.447 e. The van der Waals surface area contributed by atoms with Crippen molar-refractivity contribution in [1.82, 2.24) is 20.3 Å². The van der Waals surface area contributed by atoms with Crippen molar-refractivity contribution >= 4 is 17.0 Å². The van der Waals surface area contributed by atoms with Crippen LogP contribution in [0.5, 0.6) is 0 Å². The fourth-order valence-corrected chi connectivity index (χ4v) is 1.74. The van der Waals surface area contributed by atoms with Crippen LogP contribution in [0.1, 0.15) is 29.2 Å². The second kappa shape index (κ2) is 4.52. The van der Waals surface area contributed by atoms with E-state index in [0.717, 1.165) is 0 Å². The average Bonchev–Trinajstić information content (AvgIpc) is 3.08. The molecular formula is C12H10N4O3. The Morgan fingerprint density at radius 1 is 1.37 bits per heavy atom. The van der Waals surface area contributed by atoms with Gasteiger partial charge in [0.2, 0.25) is 11.6 Å². The molecule has 0 fully saturated rings. The lowest BCUT2D eigenvalue weighted by atomic mass is 10.2. The van der Waals surface area contributed by atoms with Crippen LogP contribution >= 0.6 is 0 Å². The average molecular weight is 258 g/mol. The lowest BCUT2D eigenvalue weighted by molar-refractivity contribution is 0.0935. The minimum absolute atomic E-state index is 0.292. The lowest BCUT2D eigenvalue weighted by Gasteiger charge is -2.09. The number of rotatable bonds is 3. The van der Waals surface area contributed by atoms with Crippen molar-refractivity contribution in [2.24, 2.45) is 0 Å². The second-order valence-corrected chi connectivity index (χ2v) is 3.96. The Labute approximate surface area is 107 Å². The number of oxazole rings is 1. The van der Waals surface area contributed by atoms with Crippen LogP contribution in [0, 0.1) is 0 Å². The number of furan rings is 1. The zero-order valence-corrected chi connectivity index (χ0v) is 10.0. The third kappa shape index (κ3) is 2.05. The van der Waals surface area contributed by atoms with Gasteiger partial charge in [0.1, 0.15) is 24.9 Å². The van der Waals surface area contributed by atoms with E-state index < -0.39 is 0 Å². The van der Waals surface area contributed by atoms with Gasteiger partial charge in [-0.05, 0) is 6.92 Å². The molecule has 1 N–H and O–H groups in total. The maximum absolute atomic E-state index is 12.1. The smallest absolute Gasteiger partial charge is 0.255 e. The summed E-state index contributed by atoms with van der Waals surface area (Å²) in [5.41, 5.74) is 0.762. The number of carbonyl (C=O) groups excluding carboxylic acids is 1. The molecule has 7 nitrogen and oxygen atoms in total. The van der Waals surface area contributed by atoms with E-state index in [0.29, 0.717) is 22.6 Å². The molecule has 0 radical (unpaired) electrons. The van der Waals surface area contributed by atoms with Crippen LogP contribution in [0.4, 0.5) is 0 Å². The predicted molar refractivity (Wildman–Crippen MR) is 64.2 cm³/mol. The van der Waals surface area contributed by atoms with Crippen LogP contribution < -0.4 is 5.32 Å². The van der Waals surface area contributed by atoms with E-state index in [1.165, 1.54) is 31.2 Å². The number of fused-ring (bicyclic) bond motifs is 1. The topological polar surface area (TPSA) is 94.1 Å². The summed E-state index contributed by atoms with van der Waals surface area (Å²) in [6.45, 7) is 1.78. The van der Waals surface area contributed by atoms with Crippen molar-refractivity contribution in [2.75, 3.05) is 0 Å². The van der Waals surface area contributed by atoms with Crippen molar-refractivity contribution in [1.29, 1.82) is 0 Å². The van der Waals surface area contributed by atoms with Crippen LogP contribution in [-0.2, 0) is 0 Å². The molecule has 0 bridgehead atoms. The number of nitrogens with one attached hydrogen (secondary N) is 1. The van der Waals surface area contributed by atoms with Crippen LogP contribution in [0.15, 0.2) is 40.1 Å². The first-order valence-corrected chi connectivity index (χ1v) is 5.63. The highest BCUT2D eigenvalue weighted by atomic mass is 16.3. The van der Waals surface area contributed by atoms with Gasteiger partial charge in [-0.1, -0.05) is 0 Å². The van der Waals surface area contributed by atoms with Gasteiger partial charge in [0.25, 0.3) is 5.91 Å². The maximum atomic E-state index is 12.1. The van der Waals surface area contributed by atoms with Gasteiger partial charge in [0.05, 0.1) is 17.1 Å². The molecule has 96 valence electrons. The quantitative estimate of drug-likeness (QED) is 0.768. The van der Waals surface area contributed by atoms with Gasteiger partial charge >= 0.3 is 0 Å². The molecule has 0 saturated carbocycles. The highest BCUT2D eigenvalue weighted by Gasteiger charge is 2.18. The van der Waals surface area contributed by atoms with Gasteiger partial charge in [0.15, 0.2) is 0 Å². The second-order valence-electron chi connectivity index (χ2n) is 3.96. The molecule has 3 aromatic heterocycles. The first kappa shape index (κ1) is 11.4. The van der Waals surface area contributed by atoms with Crippen molar-refractivity contribution in [3.05, 3.63) is 42.7 Å². The summed E-state index contributed by atoms with van der Waals surface area (Å²) in [4.78, 5) is 23.9. The van der Waals surface area contributed by atoms with Crippen molar-refractivity contribution in [3.63, 3.8) is 0 Å². The van der Waals surface area contributed by atoms with E-state index in [4.69, 9.17) is 8.83 Å². The largest absolute Gasteiger partial charge is 0.447 e. The number of hydrogen-bond acceptors (Lipinski definition) is 6. The molecule has 3 rings (SSSR count). The molecule has 1 unspecified atom stereocenters. The summed E-state index contributed by atoms with van der Waals surface area (Å²) in [5.74, 6) is 0.150. The minimum atomic E-state index is -0.336. The van der Waals surface area contributed by atoms with Gasteiger partial charge in [-0.2, -0.15) is 0 Å². The molecule has 0 aromatic carbocycles. The summed E-state index contributed by atoms with van der Waals surface area (Å²) < 4.78 is 10.3. The zero-order chi connectivity index (χ0) is 13.2. The monoisotopic (exact) mass is 258 g/mol. The lowest BCUT2D eigenvalue weighted by Crippen LogP contribution is -2.26. The number of carbonyl (C=O) groups is 1. The Kier molecular flexibility index (Phi) is 2.71. The number of nitrogens with zero attached hydrogens (tertiary/aromatic N) is 3. The van der Waals surface area contributed by atoms with Gasteiger partial charge < -0.3 is 14.2 Å². The normalized spacial score (nSPS) is 12.5. The van der Waals surface area contributed by atoms with Crippen molar-refractivity contribution in [2.45, 2.75) is 13.0 Å². The fraction of sp³-hybridized carbons (Fsp3) is 0.167. The molecular weight excluding hydrogens is 248 g/mol. The zero-order valence-electron chi connectivity index (χ0n) is 10.0. The summed E-state index contributed by atoms with van der Waals surface area (Å²) in [7, 11) is 0. The first-order valence-electron chi connectivity index (χ1n) is 5.63. The third-order valence-electron chi connectivity index (χ3n) is 2.67. The van der Waals surface area contributed by atoms with E-state index in [-0.39, 0.29) is 11.9 Å². The van der Waals surface area contributed by atoms with Crippen LogP contribution in [-0.4, -0.2) is 20.9 Å². The fourth-order valence-electron chi connectivity index (χ4n) is 1.74. The number of amides is 1. The molecule has 7 heteroatoms. The van der Waals surface area contributed by atoms with Gasteiger partial charge in [0, 0.05) is 6.20 Å². The third-order valence-corrected chi connectivity index (χ3v) is 2.67. The molecule has 19 heavy (non-hydrogen) atoms. The highest BCUT2D eigenvalue weighted by molar-refractivity contribution is 6.04. The van der Waals surface area contributed by atoms with Crippen molar-refractivity contribution < 1.29 is 13.6 Å². The first-order chi connectivity index (χ1) is 9.25. The van der Waals surface area contributed by atoms with Crippen LogP contribution in [0.3, 0.4) is 0 Å². The molecule has 3 aromatic rings. The Bertz CT molecular complexity index is 705. The predicted octanol–water partition coefficient (Wildman–Crippen LogP) is 1.70. The molecule has 3 heterocycles. The molecule has 1 atom stereocenters. The van der Waals surface area contributed by atoms with Gasteiger partial charge in [-0.15, -0.1) is 0 Å². The van der Waals surface area contributed by atoms with Crippen molar-refractivity contribution in [3.8, 4) is 0 Å². The maximum Gasteiger partial charge on any atom is 0.255 e. The van der Waals surface area contributed by atoms with E-state index >= 15 is 0 Å². The Morgan fingerprint density at radius 3 is 3.05 bits per heavy atom. The van der Waals surface area contributed by atoms with E-state index in [1.807, 2.05) is 0 Å². The Hall–Kier alpha value is -2.70. The Balaban J connectivity index is 1.84. The van der Waals surface area contributed by atoms with E-state index in [1.54, 1.807) is 6.92 Å². The van der Waals surface area contributed by atoms with Gasteiger partial charge in [-0.3, -0.25) is 4.79 Å². The van der Waals surface area contributed by atoms with E-state index in [9.17, 15) is 4.79 Å². The molecule has 0 aliphatic rings. The van der Waals surface area contributed by atoms with Gasteiger partial charge in [-0.25, -0.2) is 15.0 Å². The standard InChI is InChI=1S/C12H10N4O3/c1-7(11-14-2-3-18-11)16-10(17)9-5-19-12-8(9)4-13-6-15-12/h2-7H,1H3,(H,16,17). The summed E-state index contributed by atoms with van der Waals surface area (Å²) >= 11 is 0. The number of aromatic nitrogens is 3. The van der Waals surface area contributed by atoms with Crippen LogP contribution in [0.2, 0.25) is 0 Å². The Morgan fingerprint density at radius 2 is 2.26 bits per heavy atom. The van der Waals surface area contributed by atoms with Crippen LogP contribution in [0.25, 0.3) is 11.1 Å². The number of hydrogen-bond donors (Lipinski definition) is 1. The summed E-state index contributed by atoms with van der Waals surface area (Å²) in [5, 5.41) is 3.34. The highest BCUT2D eigenvalue weighted by Crippen LogP contribution is 2.18. The summed E-state index contributed by atoms with van der Waals surface area (Å²) in [6, 6.07) is -0.336. The molecule has 1 amide bonds. The summed E-state index contributed by atoms with van der Waals surface area (Å²) in [6.07, 6.45) is 7.24. The molecule has 0 spiro atoms. The molecule has 0 aliphatic carbocycles. The van der Waals surface area contributed by atoms with E-state index in [2.05, 4.69) is 20.3 Å². The molecule has 0 saturated heterocycles. The molecule has 0 aliphatic heterocycles. The SMILES string of the molecule is CC(NC(=O)c1coc2ncncc12)c1ncco1.